The minimum absolute atomic E-state index is 0.0434. The van der Waals surface area contributed by atoms with Gasteiger partial charge in [-0.2, -0.15) is 0 Å². The van der Waals surface area contributed by atoms with Gasteiger partial charge in [-0.3, -0.25) is 9.69 Å². The van der Waals surface area contributed by atoms with Gasteiger partial charge in [-0.25, -0.2) is 0 Å². The van der Waals surface area contributed by atoms with E-state index in [0.29, 0.717) is 19.8 Å². The first kappa shape index (κ1) is 15.2. The fraction of sp³-hybridized carbons (Fsp3) is 0.471. The third-order valence-electron chi connectivity index (χ3n) is 4.35. The van der Waals surface area contributed by atoms with Crippen LogP contribution in [0.15, 0.2) is 29.1 Å². The Kier molecular flexibility index (Phi) is 4.29. The summed E-state index contributed by atoms with van der Waals surface area (Å²) in [5, 5.41) is 11.0. The van der Waals surface area contributed by atoms with Crippen molar-refractivity contribution in [1.82, 2.24) is 9.88 Å². The molecule has 2 atom stereocenters. The Morgan fingerprint density at radius 1 is 1.36 bits per heavy atom. The summed E-state index contributed by atoms with van der Waals surface area (Å²) in [5.41, 5.74) is 2.64. The molecule has 0 bridgehead atoms. The van der Waals surface area contributed by atoms with E-state index in [0.717, 1.165) is 28.6 Å². The zero-order chi connectivity index (χ0) is 15.7. The van der Waals surface area contributed by atoms with Gasteiger partial charge in [0.25, 0.3) is 5.56 Å². The van der Waals surface area contributed by atoms with E-state index in [1.54, 1.807) is 0 Å². The minimum Gasteiger partial charge on any atom is -0.389 e. The van der Waals surface area contributed by atoms with Gasteiger partial charge in [0.2, 0.25) is 0 Å². The number of nitrogens with zero attached hydrogens (tertiary/aromatic N) is 1. The van der Waals surface area contributed by atoms with Crippen LogP contribution in [0.3, 0.4) is 0 Å². The summed E-state index contributed by atoms with van der Waals surface area (Å²) in [6.45, 7) is 6.20. The van der Waals surface area contributed by atoms with Crippen LogP contribution in [0.4, 0.5) is 0 Å². The van der Waals surface area contributed by atoms with Gasteiger partial charge < -0.3 is 14.8 Å². The van der Waals surface area contributed by atoms with Gasteiger partial charge in [-0.05, 0) is 36.6 Å². The lowest BCUT2D eigenvalue weighted by Crippen LogP contribution is -2.43. The first-order valence-corrected chi connectivity index (χ1v) is 7.71. The SMILES string of the molecule is CCN(Cc1cc2ccc(C)cc2[nH]c1=O)[C@@H]1COC[C@H]1O. The van der Waals surface area contributed by atoms with Crippen molar-refractivity contribution in [3.63, 3.8) is 0 Å². The lowest BCUT2D eigenvalue weighted by atomic mass is 10.1. The number of aryl methyl sites for hydroxylation is 1. The maximum atomic E-state index is 12.3. The van der Waals surface area contributed by atoms with Crippen LogP contribution in [0.25, 0.3) is 10.9 Å². The highest BCUT2D eigenvalue weighted by Crippen LogP contribution is 2.17. The van der Waals surface area contributed by atoms with Crippen LogP contribution in [0, 0.1) is 6.92 Å². The van der Waals surface area contributed by atoms with Crippen LogP contribution < -0.4 is 5.56 Å². The summed E-state index contributed by atoms with van der Waals surface area (Å²) in [6, 6.07) is 7.94. The number of hydrogen-bond donors (Lipinski definition) is 2. The van der Waals surface area contributed by atoms with Crippen molar-refractivity contribution in [2.45, 2.75) is 32.5 Å². The van der Waals surface area contributed by atoms with Crippen molar-refractivity contribution in [2.24, 2.45) is 0 Å². The number of aromatic amines is 1. The van der Waals surface area contributed by atoms with Crippen LogP contribution in [-0.4, -0.2) is 46.9 Å². The first-order valence-electron chi connectivity index (χ1n) is 7.71. The second kappa shape index (κ2) is 6.20. The number of benzene rings is 1. The Hall–Kier alpha value is -1.69. The average Bonchev–Trinajstić information content (AvgIpc) is 2.91. The highest BCUT2D eigenvalue weighted by molar-refractivity contribution is 5.79. The van der Waals surface area contributed by atoms with E-state index in [1.807, 2.05) is 38.1 Å². The van der Waals surface area contributed by atoms with Crippen molar-refractivity contribution >= 4 is 10.9 Å². The fourth-order valence-electron chi connectivity index (χ4n) is 3.04. The number of rotatable bonds is 4. The maximum Gasteiger partial charge on any atom is 0.252 e. The quantitative estimate of drug-likeness (QED) is 0.896. The van der Waals surface area contributed by atoms with Gasteiger partial charge in [-0.15, -0.1) is 0 Å². The smallest absolute Gasteiger partial charge is 0.252 e. The highest BCUT2D eigenvalue weighted by Gasteiger charge is 2.31. The first-order chi connectivity index (χ1) is 10.6. The summed E-state index contributed by atoms with van der Waals surface area (Å²) in [7, 11) is 0. The summed E-state index contributed by atoms with van der Waals surface area (Å²) in [5.74, 6) is 0. The monoisotopic (exact) mass is 302 g/mol. The predicted molar refractivity (Wildman–Crippen MR) is 86.0 cm³/mol. The van der Waals surface area contributed by atoms with Crippen LogP contribution >= 0.6 is 0 Å². The molecule has 0 unspecified atom stereocenters. The summed E-state index contributed by atoms with van der Waals surface area (Å²) in [6.07, 6.45) is -0.484. The fourth-order valence-corrected chi connectivity index (χ4v) is 3.04. The molecule has 3 rings (SSSR count). The predicted octanol–water partition coefficient (Wildman–Crippen LogP) is 1.42. The van der Waals surface area contributed by atoms with E-state index in [-0.39, 0.29) is 11.6 Å². The van der Waals surface area contributed by atoms with E-state index in [1.165, 1.54) is 0 Å². The topological polar surface area (TPSA) is 65.6 Å². The molecule has 0 radical (unpaired) electrons. The average molecular weight is 302 g/mol. The number of ether oxygens (including phenoxy) is 1. The molecule has 118 valence electrons. The number of aromatic nitrogens is 1. The molecule has 0 aliphatic carbocycles. The lowest BCUT2D eigenvalue weighted by molar-refractivity contribution is 0.0806. The largest absolute Gasteiger partial charge is 0.389 e. The molecule has 0 saturated carbocycles. The zero-order valence-electron chi connectivity index (χ0n) is 13.0. The number of pyridine rings is 1. The van der Waals surface area contributed by atoms with Crippen LogP contribution in [-0.2, 0) is 11.3 Å². The van der Waals surface area contributed by atoms with E-state index in [9.17, 15) is 9.90 Å². The molecule has 5 heteroatoms. The van der Waals surface area contributed by atoms with Gasteiger partial charge >= 0.3 is 0 Å². The van der Waals surface area contributed by atoms with Gasteiger partial charge in [0.15, 0.2) is 0 Å². The highest BCUT2D eigenvalue weighted by atomic mass is 16.5. The van der Waals surface area contributed by atoms with Crippen molar-refractivity contribution in [3.8, 4) is 0 Å². The van der Waals surface area contributed by atoms with Crippen molar-refractivity contribution in [3.05, 3.63) is 45.7 Å². The molecule has 1 fully saturated rings. The van der Waals surface area contributed by atoms with Crippen molar-refractivity contribution in [1.29, 1.82) is 0 Å². The number of likely N-dealkylation sites (N-methyl/N-ethyl adjacent to an activating group) is 1. The van der Waals surface area contributed by atoms with Crippen LogP contribution in [0.1, 0.15) is 18.1 Å². The molecule has 1 aromatic carbocycles. The van der Waals surface area contributed by atoms with Gasteiger partial charge in [0.05, 0.1) is 25.4 Å². The molecule has 1 saturated heterocycles. The maximum absolute atomic E-state index is 12.3. The molecule has 1 aromatic heterocycles. The van der Waals surface area contributed by atoms with E-state index >= 15 is 0 Å². The number of fused-ring (bicyclic) bond motifs is 1. The second-order valence-corrected chi connectivity index (χ2v) is 5.95. The molecule has 0 spiro atoms. The molecule has 0 amide bonds. The van der Waals surface area contributed by atoms with Gasteiger partial charge in [0, 0.05) is 17.6 Å². The Morgan fingerprint density at radius 3 is 2.86 bits per heavy atom. The summed E-state index contributed by atoms with van der Waals surface area (Å²) < 4.78 is 5.33. The normalized spacial score (nSPS) is 21.8. The lowest BCUT2D eigenvalue weighted by Gasteiger charge is -2.28. The second-order valence-electron chi connectivity index (χ2n) is 5.95. The van der Waals surface area contributed by atoms with Crippen LogP contribution in [0.5, 0.6) is 0 Å². The molecule has 1 aliphatic rings. The molecular weight excluding hydrogens is 280 g/mol. The Balaban J connectivity index is 1.90. The number of nitrogens with one attached hydrogen (secondary N) is 1. The molecular formula is C17H22N2O3. The summed E-state index contributed by atoms with van der Waals surface area (Å²) in [4.78, 5) is 17.4. The summed E-state index contributed by atoms with van der Waals surface area (Å²) >= 11 is 0. The number of aliphatic hydroxyl groups is 1. The van der Waals surface area contributed by atoms with E-state index in [4.69, 9.17) is 4.74 Å². The van der Waals surface area contributed by atoms with Crippen molar-refractivity contribution in [2.75, 3.05) is 19.8 Å². The molecule has 1 aliphatic heterocycles. The van der Waals surface area contributed by atoms with Crippen LogP contribution in [0.2, 0.25) is 0 Å². The minimum atomic E-state index is -0.484. The molecule has 22 heavy (non-hydrogen) atoms. The third-order valence-corrected chi connectivity index (χ3v) is 4.35. The Labute approximate surface area is 129 Å². The zero-order valence-corrected chi connectivity index (χ0v) is 13.0. The van der Waals surface area contributed by atoms with E-state index < -0.39 is 6.10 Å². The molecule has 5 nitrogen and oxygen atoms in total. The number of H-pyrrole nitrogens is 1. The molecule has 2 heterocycles. The third kappa shape index (κ3) is 2.92. The Bertz CT molecular complexity index is 725. The van der Waals surface area contributed by atoms with E-state index in [2.05, 4.69) is 9.88 Å². The van der Waals surface area contributed by atoms with Gasteiger partial charge in [-0.1, -0.05) is 19.1 Å². The number of hydrogen-bond acceptors (Lipinski definition) is 4. The van der Waals surface area contributed by atoms with Crippen molar-refractivity contribution < 1.29 is 9.84 Å². The Morgan fingerprint density at radius 2 is 2.18 bits per heavy atom. The molecule has 2 aromatic rings. The standard InChI is InChI=1S/C17H22N2O3/c1-3-19(15-9-22-10-16(15)20)8-13-7-12-5-4-11(2)6-14(12)18-17(13)21/h4-7,15-16,20H,3,8-10H2,1-2H3,(H,18,21)/t15-,16-/m1/s1. The molecule has 2 N–H and O–H groups in total. The number of aliphatic hydroxyl groups excluding tert-OH is 1. The van der Waals surface area contributed by atoms with Gasteiger partial charge in [0.1, 0.15) is 0 Å².